The first kappa shape index (κ1) is 16.3. The molecule has 4 nitrogen and oxygen atoms in total. The van der Waals surface area contributed by atoms with Gasteiger partial charge in [-0.15, -0.1) is 0 Å². The second-order valence-electron chi connectivity index (χ2n) is 5.70. The molecule has 1 aliphatic heterocycles. The van der Waals surface area contributed by atoms with E-state index in [0.717, 1.165) is 13.5 Å². The van der Waals surface area contributed by atoms with Crippen LogP contribution in [0.15, 0.2) is 60.7 Å². The Kier molecular flexibility index (Phi) is 5.53. The third kappa shape index (κ3) is 4.95. The summed E-state index contributed by atoms with van der Waals surface area (Å²) in [6.45, 7) is 0.400. The highest BCUT2D eigenvalue weighted by molar-refractivity contribution is 7.49. The monoisotopic (exact) mass is 326 g/mol. The van der Waals surface area contributed by atoms with E-state index in [9.17, 15) is 4.57 Å². The van der Waals surface area contributed by atoms with Crippen LogP contribution >= 0.6 is 7.82 Å². The Morgan fingerprint density at radius 1 is 0.957 bits per heavy atom. The lowest BCUT2D eigenvalue weighted by Crippen LogP contribution is -2.11. The Hall–Kier alpha value is -1.58. The van der Waals surface area contributed by atoms with Crippen LogP contribution in [0.1, 0.15) is 0 Å². The van der Waals surface area contributed by atoms with Crippen molar-refractivity contribution < 1.29 is 18.1 Å². The van der Waals surface area contributed by atoms with Crippen LogP contribution in [0.5, 0.6) is 11.5 Å². The molecule has 1 heterocycles. The molecule has 1 fully saturated rings. The quantitative estimate of drug-likeness (QED) is 0.580. The lowest BCUT2D eigenvalue weighted by molar-refractivity contribution is 0.210. The summed E-state index contributed by atoms with van der Waals surface area (Å²) >= 11 is 0. The van der Waals surface area contributed by atoms with Crippen LogP contribution in [-0.4, -0.2) is 28.0 Å². The van der Waals surface area contributed by atoms with Crippen LogP contribution in [-0.2, 0) is 9.09 Å². The Bertz CT molecular complexity index is 605. The van der Waals surface area contributed by atoms with Gasteiger partial charge in [0.15, 0.2) is 0 Å². The predicted octanol–water partition coefficient (Wildman–Crippen LogP) is 2.63. The maximum Gasteiger partial charge on any atom is 0.587 e. The normalized spacial score (nSPS) is 16.8. The molecule has 0 aromatic heterocycles. The van der Waals surface area contributed by atoms with Crippen molar-refractivity contribution >= 4 is 29.2 Å². The van der Waals surface area contributed by atoms with E-state index < -0.39 is 7.82 Å². The molecule has 0 saturated carbocycles. The number of benzene rings is 2. The lowest BCUT2D eigenvalue weighted by atomic mass is 9.25. The molecule has 0 aliphatic carbocycles. The van der Waals surface area contributed by atoms with Crippen molar-refractivity contribution in [1.29, 1.82) is 0 Å². The van der Waals surface area contributed by atoms with Crippen LogP contribution in [0.3, 0.4) is 0 Å². The fourth-order valence-corrected chi connectivity index (χ4v) is 3.96. The van der Waals surface area contributed by atoms with Gasteiger partial charge in [0.25, 0.3) is 0 Å². The molecule has 0 N–H and O–H groups in total. The molecule has 1 unspecified atom stereocenters. The minimum absolute atomic E-state index is 0.400. The maximum atomic E-state index is 13.0. The Balaban J connectivity index is 1.72. The second-order valence-corrected chi connectivity index (χ2v) is 7.22. The van der Waals surface area contributed by atoms with Crippen molar-refractivity contribution in [3.8, 4) is 11.5 Å². The Labute approximate surface area is 138 Å². The number of hydrogen-bond acceptors (Lipinski definition) is 4. The first-order chi connectivity index (χ1) is 11.2. The van der Waals surface area contributed by atoms with Gasteiger partial charge in [0.1, 0.15) is 11.5 Å². The summed E-state index contributed by atoms with van der Waals surface area (Å²) in [5.41, 5.74) is 0. The molecular weight excluding hydrogens is 308 g/mol. The van der Waals surface area contributed by atoms with E-state index in [0.29, 0.717) is 23.9 Å². The smallest absolute Gasteiger partial charge is 0.395 e. The highest BCUT2D eigenvalue weighted by Crippen LogP contribution is 2.50. The van der Waals surface area contributed by atoms with Gasteiger partial charge < -0.3 is 9.05 Å². The summed E-state index contributed by atoms with van der Waals surface area (Å²) in [5.74, 6) is 1.37. The number of phosphoric ester groups is 1. The van der Waals surface area contributed by atoms with E-state index in [2.05, 4.69) is 0 Å². The molecule has 2 aromatic carbocycles. The van der Waals surface area contributed by atoms with Crippen molar-refractivity contribution in [2.45, 2.75) is 12.1 Å². The summed E-state index contributed by atoms with van der Waals surface area (Å²) in [4.78, 5) is 0. The van der Waals surface area contributed by atoms with Crippen LogP contribution in [0, 0.1) is 0 Å². The predicted molar refractivity (Wildman–Crippen MR) is 97.7 cm³/mol. The third-order valence-corrected chi connectivity index (χ3v) is 5.20. The van der Waals surface area contributed by atoms with E-state index in [4.69, 9.17) is 13.6 Å². The molecule has 3 rings (SSSR count). The number of para-hydroxylation sites is 2. The molecular formula is C15H18B3O4P. The molecule has 2 aromatic rings. The van der Waals surface area contributed by atoms with Crippen molar-refractivity contribution in [3.63, 3.8) is 0 Å². The third-order valence-electron chi connectivity index (χ3n) is 3.86. The van der Waals surface area contributed by atoms with E-state index in [1.165, 1.54) is 14.2 Å². The zero-order valence-electron chi connectivity index (χ0n) is 13.0. The summed E-state index contributed by atoms with van der Waals surface area (Å²) < 4.78 is 29.8. The van der Waals surface area contributed by atoms with Crippen molar-refractivity contribution in [1.82, 2.24) is 0 Å². The highest BCUT2D eigenvalue weighted by Gasteiger charge is 2.32. The summed E-state index contributed by atoms with van der Waals surface area (Å²) in [5, 5.41) is 0. The maximum absolute atomic E-state index is 13.0. The van der Waals surface area contributed by atoms with Crippen LogP contribution in [0.4, 0.5) is 0 Å². The van der Waals surface area contributed by atoms with E-state index in [1.807, 2.05) is 36.4 Å². The van der Waals surface area contributed by atoms with Gasteiger partial charge in [-0.3, -0.25) is 4.52 Å². The highest BCUT2D eigenvalue weighted by atomic mass is 31.2. The molecule has 116 valence electrons. The van der Waals surface area contributed by atoms with Crippen molar-refractivity contribution in [3.05, 3.63) is 60.7 Å². The van der Waals surface area contributed by atoms with E-state index in [1.54, 1.807) is 24.3 Å². The minimum Gasteiger partial charge on any atom is -0.395 e. The Morgan fingerprint density at radius 3 is 2.00 bits per heavy atom. The SMILES string of the molecule is O=P(OCC1BBBC1)(Oc1ccccc1)Oc1ccccc1. The average Bonchev–Trinajstić information content (AvgIpc) is 3.08. The fourth-order valence-electron chi connectivity index (χ4n) is 2.67. The first-order valence-corrected chi connectivity index (χ1v) is 9.43. The van der Waals surface area contributed by atoms with Gasteiger partial charge in [0.05, 0.1) is 28.0 Å². The van der Waals surface area contributed by atoms with Gasteiger partial charge in [-0.25, -0.2) is 4.57 Å². The Morgan fingerprint density at radius 2 is 1.52 bits per heavy atom. The van der Waals surface area contributed by atoms with Gasteiger partial charge in [-0.2, -0.15) is 0 Å². The number of phosphoric acid groups is 1. The molecule has 1 atom stereocenters. The second kappa shape index (κ2) is 7.80. The van der Waals surface area contributed by atoms with Gasteiger partial charge in [-0.05, 0) is 24.3 Å². The molecule has 0 spiro atoms. The summed E-state index contributed by atoms with van der Waals surface area (Å²) in [6.07, 6.45) is 1.11. The minimum atomic E-state index is -3.72. The molecule has 1 aliphatic rings. The summed E-state index contributed by atoms with van der Waals surface area (Å²) in [6, 6.07) is 18.0. The van der Waals surface area contributed by atoms with Crippen LogP contribution in [0.25, 0.3) is 0 Å². The van der Waals surface area contributed by atoms with Gasteiger partial charge in [0, 0.05) is 0 Å². The van der Waals surface area contributed by atoms with Gasteiger partial charge in [0.2, 0.25) is 0 Å². The standard InChI is InChI=1S/C15H18B3O4P/c19-23(20-12-13-11-16-18-17-13,21-14-7-3-1-4-8-14)22-15-9-5-2-6-10-15/h1-10,13,16-18H,11-12H2. The van der Waals surface area contributed by atoms with E-state index >= 15 is 0 Å². The van der Waals surface area contributed by atoms with Gasteiger partial charge >= 0.3 is 7.82 Å². The zero-order chi connectivity index (χ0) is 16.0. The molecule has 23 heavy (non-hydrogen) atoms. The van der Waals surface area contributed by atoms with Crippen molar-refractivity contribution in [2.75, 3.05) is 6.61 Å². The number of rotatable bonds is 7. The topological polar surface area (TPSA) is 44.8 Å². The molecule has 1 saturated heterocycles. The molecule has 0 bridgehead atoms. The fraction of sp³-hybridized carbons (Fsp3) is 0.200. The van der Waals surface area contributed by atoms with Crippen molar-refractivity contribution in [2.24, 2.45) is 0 Å². The molecule has 0 amide bonds. The summed E-state index contributed by atoms with van der Waals surface area (Å²) in [7, 11) is -0.196. The van der Waals surface area contributed by atoms with Crippen LogP contribution < -0.4 is 9.05 Å². The van der Waals surface area contributed by atoms with Crippen LogP contribution in [0.2, 0.25) is 12.1 Å². The average molecular weight is 326 g/mol. The molecule has 0 radical (unpaired) electrons. The zero-order valence-corrected chi connectivity index (χ0v) is 13.9. The molecule has 8 heteroatoms. The van der Waals surface area contributed by atoms with E-state index in [-0.39, 0.29) is 0 Å². The number of hydrogen-bond donors (Lipinski definition) is 0. The van der Waals surface area contributed by atoms with Gasteiger partial charge in [-0.1, -0.05) is 48.5 Å². The first-order valence-electron chi connectivity index (χ1n) is 7.97. The largest absolute Gasteiger partial charge is 0.587 e. The lowest BCUT2D eigenvalue weighted by Gasteiger charge is -2.20.